The highest BCUT2D eigenvalue weighted by molar-refractivity contribution is 7.61. The van der Waals surface area contributed by atoms with E-state index < -0.39 is 22.5 Å². The highest BCUT2D eigenvalue weighted by Crippen LogP contribution is 2.26. The summed E-state index contributed by atoms with van der Waals surface area (Å²) in [4.78, 5) is 11.8. The molecule has 2 aromatic heterocycles. The van der Waals surface area contributed by atoms with Crippen LogP contribution in [0.15, 0.2) is 34.0 Å². The Hall–Kier alpha value is -1.93. The number of aliphatic carboxylic acids is 1. The van der Waals surface area contributed by atoms with Gasteiger partial charge in [-0.2, -0.15) is 12.8 Å². The summed E-state index contributed by atoms with van der Waals surface area (Å²) in [6, 6.07) is 6.68. The second-order valence-corrected chi connectivity index (χ2v) is 6.18. The van der Waals surface area contributed by atoms with Crippen molar-refractivity contribution in [2.75, 3.05) is 0 Å². The summed E-state index contributed by atoms with van der Waals surface area (Å²) >= 11 is 1.53. The number of aromatic nitrogens is 1. The van der Waals surface area contributed by atoms with E-state index in [9.17, 15) is 13.2 Å². The molecule has 0 aliphatic rings. The standard InChI is InChI=1S/C13H14N2O4S2/c1-15-9(7-13(16)17)4-5-12(15)11(14-21(18)19)8-10-3-2-6-20-10/h2-6,11H,7-8H2,1H3,(H,16,17). The van der Waals surface area contributed by atoms with Gasteiger partial charge in [-0.05, 0) is 23.6 Å². The summed E-state index contributed by atoms with van der Waals surface area (Å²) in [5.41, 5.74) is 1.30. The molecule has 0 spiro atoms. The minimum absolute atomic E-state index is 0.108. The van der Waals surface area contributed by atoms with Gasteiger partial charge in [0.15, 0.2) is 0 Å². The van der Waals surface area contributed by atoms with Crippen molar-refractivity contribution in [2.24, 2.45) is 11.4 Å². The summed E-state index contributed by atoms with van der Waals surface area (Å²) < 4.78 is 27.3. The minimum Gasteiger partial charge on any atom is -0.481 e. The van der Waals surface area contributed by atoms with Crippen LogP contribution in [0.5, 0.6) is 0 Å². The molecular weight excluding hydrogens is 312 g/mol. The van der Waals surface area contributed by atoms with E-state index in [4.69, 9.17) is 5.11 Å². The summed E-state index contributed by atoms with van der Waals surface area (Å²) in [6.07, 6.45) is 0.360. The molecule has 2 heterocycles. The van der Waals surface area contributed by atoms with Crippen LogP contribution in [-0.4, -0.2) is 24.1 Å². The van der Waals surface area contributed by atoms with Gasteiger partial charge in [0.2, 0.25) is 0 Å². The normalized spacial score (nSPS) is 12.0. The van der Waals surface area contributed by atoms with Crippen molar-refractivity contribution in [1.29, 1.82) is 0 Å². The van der Waals surface area contributed by atoms with Crippen LogP contribution in [0, 0.1) is 0 Å². The number of thiophene rings is 1. The lowest BCUT2D eigenvalue weighted by Crippen LogP contribution is -2.10. The SMILES string of the molecule is Cn1c(CC(=O)O)ccc1C(Cc1cccs1)N=S(=O)=O. The van der Waals surface area contributed by atoms with Crippen LogP contribution in [-0.2, 0) is 35.2 Å². The molecule has 0 aliphatic carbocycles. The van der Waals surface area contributed by atoms with E-state index in [0.29, 0.717) is 17.8 Å². The lowest BCUT2D eigenvalue weighted by atomic mass is 10.1. The molecular formula is C13H14N2O4S2. The largest absolute Gasteiger partial charge is 0.481 e. The van der Waals surface area contributed by atoms with Crippen LogP contribution >= 0.6 is 11.3 Å². The molecule has 8 heteroatoms. The Labute approximate surface area is 127 Å². The van der Waals surface area contributed by atoms with Crippen molar-refractivity contribution in [3.63, 3.8) is 0 Å². The molecule has 0 aliphatic heterocycles. The number of hydrogen-bond acceptors (Lipinski definition) is 5. The van der Waals surface area contributed by atoms with Crippen LogP contribution in [0.25, 0.3) is 0 Å². The Morgan fingerprint density at radius 3 is 2.76 bits per heavy atom. The van der Waals surface area contributed by atoms with Crippen molar-refractivity contribution >= 4 is 27.8 Å². The van der Waals surface area contributed by atoms with E-state index in [0.717, 1.165) is 4.88 Å². The molecule has 0 amide bonds. The third-order valence-electron chi connectivity index (χ3n) is 3.13. The molecule has 1 unspecified atom stereocenters. The summed E-state index contributed by atoms with van der Waals surface area (Å²) in [5.74, 6) is -0.929. The van der Waals surface area contributed by atoms with E-state index in [1.165, 1.54) is 11.3 Å². The van der Waals surface area contributed by atoms with E-state index in [-0.39, 0.29) is 6.42 Å². The summed E-state index contributed by atoms with van der Waals surface area (Å²) in [5, 5.41) is 10.8. The third-order valence-corrected chi connectivity index (χ3v) is 4.45. The van der Waals surface area contributed by atoms with Crippen LogP contribution in [0.4, 0.5) is 0 Å². The fraction of sp³-hybridized carbons (Fsp3) is 0.308. The lowest BCUT2D eigenvalue weighted by molar-refractivity contribution is -0.136. The van der Waals surface area contributed by atoms with Gasteiger partial charge in [-0.15, -0.1) is 11.3 Å². The summed E-state index contributed by atoms with van der Waals surface area (Å²) in [6.45, 7) is 0. The first-order chi connectivity index (χ1) is 9.97. The first kappa shape index (κ1) is 15.5. The molecule has 0 aromatic carbocycles. The topological polar surface area (TPSA) is 88.7 Å². The van der Waals surface area contributed by atoms with Gasteiger partial charge in [-0.25, -0.2) is 0 Å². The smallest absolute Gasteiger partial charge is 0.311 e. The predicted octanol–water partition coefficient (Wildman–Crippen LogP) is 2.06. The second-order valence-electron chi connectivity index (χ2n) is 4.50. The molecule has 2 aromatic rings. The maximum absolute atomic E-state index is 10.9. The average Bonchev–Trinajstić information content (AvgIpc) is 2.99. The molecule has 0 radical (unpaired) electrons. The molecule has 21 heavy (non-hydrogen) atoms. The number of carboxylic acid groups (broad SMARTS) is 1. The van der Waals surface area contributed by atoms with Gasteiger partial charge >= 0.3 is 16.5 Å². The van der Waals surface area contributed by atoms with E-state index in [1.807, 2.05) is 17.5 Å². The van der Waals surface area contributed by atoms with Crippen LogP contribution < -0.4 is 0 Å². The molecule has 0 saturated heterocycles. The zero-order valence-corrected chi connectivity index (χ0v) is 12.9. The number of hydrogen-bond donors (Lipinski definition) is 1. The number of nitrogens with zero attached hydrogens (tertiary/aromatic N) is 2. The molecule has 1 atom stereocenters. The Balaban J connectivity index is 2.35. The monoisotopic (exact) mass is 326 g/mol. The Morgan fingerprint density at radius 2 is 2.19 bits per heavy atom. The van der Waals surface area contributed by atoms with Gasteiger partial charge in [0, 0.05) is 29.7 Å². The van der Waals surface area contributed by atoms with Gasteiger partial charge in [-0.3, -0.25) is 4.79 Å². The first-order valence-electron chi connectivity index (χ1n) is 6.16. The maximum Gasteiger partial charge on any atom is 0.311 e. The number of rotatable bonds is 6. The molecule has 0 bridgehead atoms. The fourth-order valence-corrected chi connectivity index (χ4v) is 3.29. The molecule has 6 nitrogen and oxygen atoms in total. The molecule has 2 rings (SSSR count). The van der Waals surface area contributed by atoms with Gasteiger partial charge in [0.25, 0.3) is 0 Å². The lowest BCUT2D eigenvalue weighted by Gasteiger charge is -2.12. The Bertz CT molecular complexity index is 752. The zero-order chi connectivity index (χ0) is 15.4. The molecule has 0 fully saturated rings. The Kier molecular flexibility index (Phi) is 4.92. The molecule has 0 saturated carbocycles. The molecule has 1 N–H and O–H groups in total. The van der Waals surface area contributed by atoms with Crippen molar-refractivity contribution in [2.45, 2.75) is 18.9 Å². The van der Waals surface area contributed by atoms with Crippen molar-refractivity contribution < 1.29 is 18.3 Å². The van der Waals surface area contributed by atoms with Gasteiger partial charge in [0.1, 0.15) is 6.04 Å². The Morgan fingerprint density at radius 1 is 1.43 bits per heavy atom. The van der Waals surface area contributed by atoms with Gasteiger partial charge in [-0.1, -0.05) is 6.07 Å². The summed E-state index contributed by atoms with van der Waals surface area (Å²) in [7, 11) is -0.797. The quantitative estimate of drug-likeness (QED) is 0.880. The number of carbonyl (C=O) groups is 1. The van der Waals surface area contributed by atoms with Crippen molar-refractivity contribution in [3.8, 4) is 0 Å². The zero-order valence-electron chi connectivity index (χ0n) is 11.3. The van der Waals surface area contributed by atoms with Crippen LogP contribution in [0.1, 0.15) is 22.3 Å². The number of carboxylic acids is 1. The van der Waals surface area contributed by atoms with Crippen LogP contribution in [0.3, 0.4) is 0 Å². The van der Waals surface area contributed by atoms with Crippen molar-refractivity contribution in [3.05, 3.63) is 45.9 Å². The predicted molar refractivity (Wildman–Crippen MR) is 78.9 cm³/mol. The first-order valence-corrected chi connectivity index (χ1v) is 8.07. The highest BCUT2D eigenvalue weighted by Gasteiger charge is 2.18. The third kappa shape index (κ3) is 4.02. The van der Waals surface area contributed by atoms with E-state index in [2.05, 4.69) is 4.36 Å². The fourth-order valence-electron chi connectivity index (χ4n) is 2.16. The van der Waals surface area contributed by atoms with Crippen LogP contribution in [0.2, 0.25) is 0 Å². The average molecular weight is 326 g/mol. The van der Waals surface area contributed by atoms with E-state index in [1.54, 1.807) is 23.7 Å². The second kappa shape index (κ2) is 6.68. The molecule has 112 valence electrons. The minimum atomic E-state index is -2.52. The van der Waals surface area contributed by atoms with Gasteiger partial charge in [0.05, 0.1) is 6.42 Å². The maximum atomic E-state index is 10.9. The van der Waals surface area contributed by atoms with Crippen molar-refractivity contribution in [1.82, 2.24) is 4.57 Å². The highest BCUT2D eigenvalue weighted by atomic mass is 32.2. The van der Waals surface area contributed by atoms with Gasteiger partial charge < -0.3 is 9.67 Å². The van der Waals surface area contributed by atoms with E-state index >= 15 is 0 Å².